The number of fused-ring (bicyclic) bond motifs is 1. The van der Waals surface area contributed by atoms with Crippen LogP contribution in [0.2, 0.25) is 0 Å². The maximum absolute atomic E-state index is 12.2. The van der Waals surface area contributed by atoms with E-state index in [1.54, 1.807) is 0 Å². The summed E-state index contributed by atoms with van der Waals surface area (Å²) in [7, 11) is 0. The highest BCUT2D eigenvalue weighted by molar-refractivity contribution is 5.89. The molecule has 3 aromatic rings. The average Bonchev–Trinajstić information content (AvgIpc) is 2.55. The Morgan fingerprint density at radius 2 is 1.67 bits per heavy atom. The fourth-order valence-electron chi connectivity index (χ4n) is 2.59. The summed E-state index contributed by atoms with van der Waals surface area (Å²) in [4.78, 5) is 12.2. The van der Waals surface area contributed by atoms with Gasteiger partial charge in [0.15, 0.2) is 12.4 Å². The van der Waals surface area contributed by atoms with E-state index in [0.717, 1.165) is 11.1 Å². The van der Waals surface area contributed by atoms with Crippen LogP contribution in [0.25, 0.3) is 10.8 Å². The molecule has 0 saturated heterocycles. The fourth-order valence-corrected chi connectivity index (χ4v) is 2.59. The first kappa shape index (κ1) is 18.0. The van der Waals surface area contributed by atoms with Crippen molar-refractivity contribution < 1.29 is 21.8 Å². The lowest BCUT2D eigenvalue weighted by Gasteiger charge is -2.07. The maximum atomic E-state index is 12.2. The zero-order chi connectivity index (χ0) is 16.2. The second kappa shape index (κ2) is 7.93. The number of nitrogens with one attached hydrogen (secondary N) is 1. The van der Waals surface area contributed by atoms with Gasteiger partial charge in [-0.1, -0.05) is 44.2 Å². The molecule has 0 aliphatic rings. The van der Waals surface area contributed by atoms with Crippen molar-refractivity contribution in [2.75, 3.05) is 5.32 Å². The van der Waals surface area contributed by atoms with E-state index in [0.29, 0.717) is 12.5 Å². The highest BCUT2D eigenvalue weighted by Gasteiger charge is 2.10. The van der Waals surface area contributed by atoms with E-state index in [1.165, 1.54) is 10.9 Å². The summed E-state index contributed by atoms with van der Waals surface area (Å²) in [5.41, 5.74) is 2.10. The molecule has 1 heterocycles. The van der Waals surface area contributed by atoms with E-state index < -0.39 is 0 Å². The van der Waals surface area contributed by atoms with Gasteiger partial charge in [-0.25, -0.2) is 0 Å². The summed E-state index contributed by atoms with van der Waals surface area (Å²) >= 11 is 0. The second-order valence-electron chi connectivity index (χ2n) is 6.07. The van der Waals surface area contributed by atoms with E-state index in [4.69, 9.17) is 0 Å². The number of hydrogen-bond donors (Lipinski definition) is 1. The van der Waals surface area contributed by atoms with Gasteiger partial charge in [0, 0.05) is 17.1 Å². The summed E-state index contributed by atoms with van der Waals surface area (Å²) in [5, 5.41) is 5.25. The van der Waals surface area contributed by atoms with Gasteiger partial charge in [0.2, 0.25) is 6.54 Å². The standard InChI is InChI=1S/C20H20N2O.ClH/c1-15(2)16-7-9-19(10-8-16)21-20(23)14-22-12-11-17-5-3-4-6-18(17)13-22;/h3-13,15H,14H2,1-2H3;1H. The van der Waals surface area contributed by atoms with Gasteiger partial charge in [0.25, 0.3) is 5.91 Å². The summed E-state index contributed by atoms with van der Waals surface area (Å²) in [5.74, 6) is 0.468. The molecule has 24 heavy (non-hydrogen) atoms. The molecule has 0 unspecified atom stereocenters. The SMILES string of the molecule is CC(C)c1ccc(NC(=O)C[n+]2ccc3ccccc3c2)cc1.[Cl-]. The normalized spacial score (nSPS) is 10.5. The second-order valence-corrected chi connectivity index (χ2v) is 6.07. The van der Waals surface area contributed by atoms with Gasteiger partial charge >= 0.3 is 0 Å². The zero-order valence-corrected chi connectivity index (χ0v) is 14.6. The highest BCUT2D eigenvalue weighted by Crippen LogP contribution is 2.17. The molecule has 0 radical (unpaired) electrons. The van der Waals surface area contributed by atoms with Crippen LogP contribution in [-0.4, -0.2) is 5.91 Å². The number of amides is 1. The number of aromatic nitrogens is 1. The first-order chi connectivity index (χ1) is 11.1. The molecule has 2 aromatic carbocycles. The van der Waals surface area contributed by atoms with Gasteiger partial charge < -0.3 is 17.7 Å². The van der Waals surface area contributed by atoms with Crippen molar-refractivity contribution in [3.8, 4) is 0 Å². The van der Waals surface area contributed by atoms with Crippen molar-refractivity contribution in [2.45, 2.75) is 26.3 Å². The Kier molecular flexibility index (Phi) is 5.93. The Morgan fingerprint density at radius 3 is 2.33 bits per heavy atom. The van der Waals surface area contributed by atoms with Crippen molar-refractivity contribution in [2.24, 2.45) is 0 Å². The number of carbonyl (C=O) groups is 1. The van der Waals surface area contributed by atoms with Crippen LogP contribution in [0.5, 0.6) is 0 Å². The zero-order valence-electron chi connectivity index (χ0n) is 13.9. The number of hydrogen-bond acceptors (Lipinski definition) is 1. The Labute approximate surface area is 148 Å². The molecule has 1 amide bonds. The van der Waals surface area contributed by atoms with Crippen LogP contribution in [0.1, 0.15) is 25.3 Å². The lowest BCUT2D eigenvalue weighted by molar-refractivity contribution is -0.682. The number of benzene rings is 2. The highest BCUT2D eigenvalue weighted by atomic mass is 35.5. The third kappa shape index (κ3) is 4.33. The van der Waals surface area contributed by atoms with E-state index in [2.05, 4.69) is 37.4 Å². The molecular weight excluding hydrogens is 320 g/mol. The molecular formula is C20H21ClN2O. The Morgan fingerprint density at radius 1 is 1.00 bits per heavy atom. The molecule has 1 aromatic heterocycles. The van der Waals surface area contributed by atoms with E-state index in [-0.39, 0.29) is 18.3 Å². The molecule has 0 fully saturated rings. The molecule has 1 N–H and O–H groups in total. The third-order valence-electron chi connectivity index (χ3n) is 3.93. The lowest BCUT2D eigenvalue weighted by Crippen LogP contribution is -3.00. The molecule has 3 nitrogen and oxygen atoms in total. The fraction of sp³-hybridized carbons (Fsp3) is 0.200. The molecule has 0 spiro atoms. The monoisotopic (exact) mass is 340 g/mol. The van der Waals surface area contributed by atoms with Crippen molar-refractivity contribution in [1.29, 1.82) is 0 Å². The van der Waals surface area contributed by atoms with Crippen molar-refractivity contribution >= 4 is 22.4 Å². The lowest BCUT2D eigenvalue weighted by atomic mass is 10.0. The van der Waals surface area contributed by atoms with Crippen molar-refractivity contribution in [3.63, 3.8) is 0 Å². The van der Waals surface area contributed by atoms with Crippen LogP contribution in [0.4, 0.5) is 5.69 Å². The largest absolute Gasteiger partial charge is 1.00 e. The van der Waals surface area contributed by atoms with Gasteiger partial charge in [-0.05, 0) is 35.1 Å². The number of nitrogens with zero attached hydrogens (tertiary/aromatic N) is 1. The number of halogens is 1. The minimum Gasteiger partial charge on any atom is -1.00 e. The van der Waals surface area contributed by atoms with E-state index in [1.807, 2.05) is 53.4 Å². The van der Waals surface area contributed by atoms with E-state index in [9.17, 15) is 4.79 Å². The Balaban J connectivity index is 0.00000208. The first-order valence-corrected chi connectivity index (χ1v) is 7.89. The predicted octanol–water partition coefficient (Wildman–Crippen LogP) is 0.893. The summed E-state index contributed by atoms with van der Waals surface area (Å²) in [6.07, 6.45) is 3.93. The molecule has 3 rings (SSSR count). The van der Waals surface area contributed by atoms with Gasteiger partial charge in [0.1, 0.15) is 0 Å². The summed E-state index contributed by atoms with van der Waals surface area (Å²) in [6.45, 7) is 4.62. The van der Waals surface area contributed by atoms with Gasteiger partial charge in [-0.15, -0.1) is 0 Å². The van der Waals surface area contributed by atoms with Crippen LogP contribution in [0.3, 0.4) is 0 Å². The number of anilines is 1. The molecule has 0 bridgehead atoms. The van der Waals surface area contributed by atoms with Crippen LogP contribution in [0.15, 0.2) is 67.0 Å². The third-order valence-corrected chi connectivity index (χ3v) is 3.93. The Bertz CT molecular complexity index is 828. The minimum atomic E-state index is -0.0254. The number of carbonyl (C=O) groups excluding carboxylic acids is 1. The molecule has 0 aliphatic carbocycles. The van der Waals surface area contributed by atoms with Gasteiger partial charge in [-0.3, -0.25) is 4.79 Å². The molecule has 0 saturated carbocycles. The maximum Gasteiger partial charge on any atom is 0.290 e. The molecule has 0 aliphatic heterocycles. The number of rotatable bonds is 4. The minimum absolute atomic E-state index is 0. The van der Waals surface area contributed by atoms with Crippen LogP contribution < -0.4 is 22.3 Å². The molecule has 4 heteroatoms. The summed E-state index contributed by atoms with van der Waals surface area (Å²) < 4.78 is 1.90. The average molecular weight is 341 g/mol. The van der Waals surface area contributed by atoms with Crippen LogP contribution >= 0.6 is 0 Å². The molecule has 124 valence electrons. The van der Waals surface area contributed by atoms with E-state index >= 15 is 0 Å². The van der Waals surface area contributed by atoms with Gasteiger partial charge in [0.05, 0.1) is 0 Å². The molecule has 0 atom stereocenters. The number of pyridine rings is 1. The topological polar surface area (TPSA) is 33.0 Å². The van der Waals surface area contributed by atoms with Gasteiger partial charge in [-0.2, -0.15) is 4.57 Å². The van der Waals surface area contributed by atoms with Crippen molar-refractivity contribution in [1.82, 2.24) is 0 Å². The van der Waals surface area contributed by atoms with Crippen LogP contribution in [-0.2, 0) is 11.3 Å². The Hall–Kier alpha value is -2.39. The smallest absolute Gasteiger partial charge is 0.290 e. The first-order valence-electron chi connectivity index (χ1n) is 7.89. The predicted molar refractivity (Wildman–Crippen MR) is 93.3 cm³/mol. The van der Waals surface area contributed by atoms with Crippen LogP contribution in [0, 0.1) is 0 Å². The quantitative estimate of drug-likeness (QED) is 0.703. The summed E-state index contributed by atoms with van der Waals surface area (Å²) in [6, 6.07) is 18.2. The van der Waals surface area contributed by atoms with Crippen molar-refractivity contribution in [3.05, 3.63) is 72.6 Å².